The van der Waals surface area contributed by atoms with Crippen LogP contribution in [0.2, 0.25) is 0 Å². The summed E-state index contributed by atoms with van der Waals surface area (Å²) in [5, 5.41) is 2.49. The van der Waals surface area contributed by atoms with Gasteiger partial charge in [-0.15, -0.1) is 0 Å². The molecular formula is C15H26N2O2. The van der Waals surface area contributed by atoms with Crippen LogP contribution in [0, 0.1) is 0 Å². The van der Waals surface area contributed by atoms with E-state index in [-0.39, 0.29) is 23.1 Å². The van der Waals surface area contributed by atoms with Crippen molar-refractivity contribution in [3.8, 4) is 0 Å². The summed E-state index contributed by atoms with van der Waals surface area (Å²) in [6, 6.07) is 3.50. The van der Waals surface area contributed by atoms with Crippen LogP contribution in [-0.2, 0) is 0 Å². The lowest BCUT2D eigenvalue weighted by Gasteiger charge is -2.17. The molecule has 0 spiro atoms. The number of hydrogen-bond acceptors (Lipinski definition) is 2. The van der Waals surface area contributed by atoms with Gasteiger partial charge in [0, 0.05) is 19.3 Å². The van der Waals surface area contributed by atoms with Crippen LogP contribution in [-0.4, -0.2) is 17.5 Å². The molecule has 1 atom stereocenters. The average molecular weight is 266 g/mol. The Balaban J connectivity index is 0.00000154. The first-order valence-corrected chi connectivity index (χ1v) is 7.08. The molecule has 0 fully saturated rings. The minimum atomic E-state index is -0.323. The molecule has 0 bridgehead atoms. The molecule has 1 rings (SSSR count). The summed E-state index contributed by atoms with van der Waals surface area (Å²) in [6.07, 6.45) is 4.63. The predicted molar refractivity (Wildman–Crippen MR) is 79.7 cm³/mol. The lowest BCUT2D eigenvalue weighted by Crippen LogP contribution is -2.32. The minimum Gasteiger partial charge on any atom is -0.355 e. The number of amides is 1. The number of pyridine rings is 1. The van der Waals surface area contributed by atoms with E-state index >= 15 is 0 Å². The van der Waals surface area contributed by atoms with E-state index in [2.05, 4.69) is 19.2 Å². The topological polar surface area (TPSA) is 51.1 Å². The Hall–Kier alpha value is -1.58. The molecule has 0 radical (unpaired) electrons. The van der Waals surface area contributed by atoms with Crippen molar-refractivity contribution in [2.45, 2.75) is 53.0 Å². The Bertz CT molecular complexity index is 438. The molecule has 1 N–H and O–H groups in total. The van der Waals surface area contributed by atoms with E-state index in [1.54, 1.807) is 22.9 Å². The molecule has 0 aromatic carbocycles. The number of carbonyl (C=O) groups is 1. The molecule has 1 amide bonds. The highest BCUT2D eigenvalue weighted by atomic mass is 16.2. The van der Waals surface area contributed by atoms with Crippen LogP contribution in [0.25, 0.3) is 0 Å². The highest BCUT2D eigenvalue weighted by Crippen LogP contribution is 2.15. The zero-order valence-electron chi connectivity index (χ0n) is 12.7. The lowest BCUT2D eigenvalue weighted by atomic mass is 10.1. The minimum absolute atomic E-state index is 0.178. The van der Waals surface area contributed by atoms with Crippen molar-refractivity contribution in [2.24, 2.45) is 0 Å². The maximum absolute atomic E-state index is 12.1. The van der Waals surface area contributed by atoms with Crippen molar-refractivity contribution in [2.75, 3.05) is 7.05 Å². The van der Waals surface area contributed by atoms with Gasteiger partial charge in [0.25, 0.3) is 11.5 Å². The maximum atomic E-state index is 12.1. The second-order valence-electron chi connectivity index (χ2n) is 4.06. The summed E-state index contributed by atoms with van der Waals surface area (Å²) >= 11 is 0. The number of aromatic nitrogens is 1. The Morgan fingerprint density at radius 3 is 2.47 bits per heavy atom. The first kappa shape index (κ1) is 17.4. The molecule has 1 unspecified atom stereocenters. The molecule has 108 valence electrons. The molecular weight excluding hydrogens is 240 g/mol. The van der Waals surface area contributed by atoms with E-state index in [9.17, 15) is 9.59 Å². The van der Waals surface area contributed by atoms with E-state index in [4.69, 9.17) is 0 Å². The van der Waals surface area contributed by atoms with Gasteiger partial charge in [0.2, 0.25) is 0 Å². The van der Waals surface area contributed by atoms with Crippen LogP contribution < -0.4 is 10.9 Å². The standard InChI is InChI=1S/C13H20N2O2.C2H6/c1-4-7-10(5-2)15-9-6-8-11(13(15)17)12(16)14-3;1-2/h6,8-10H,4-5,7H2,1-3H3,(H,14,16);1-2H3. The van der Waals surface area contributed by atoms with Gasteiger partial charge in [0.1, 0.15) is 5.56 Å². The van der Waals surface area contributed by atoms with Crippen LogP contribution >= 0.6 is 0 Å². The Morgan fingerprint density at radius 1 is 1.37 bits per heavy atom. The molecule has 0 aliphatic carbocycles. The quantitative estimate of drug-likeness (QED) is 0.890. The number of rotatable bonds is 5. The van der Waals surface area contributed by atoms with E-state index in [1.165, 1.54) is 7.05 Å². The Kier molecular flexibility index (Phi) is 8.58. The van der Waals surface area contributed by atoms with Gasteiger partial charge in [-0.05, 0) is 25.0 Å². The fourth-order valence-corrected chi connectivity index (χ4v) is 1.98. The first-order valence-electron chi connectivity index (χ1n) is 7.08. The molecule has 0 aliphatic heterocycles. The Morgan fingerprint density at radius 2 is 2.00 bits per heavy atom. The van der Waals surface area contributed by atoms with Crippen molar-refractivity contribution in [3.63, 3.8) is 0 Å². The van der Waals surface area contributed by atoms with Crippen LogP contribution in [0.15, 0.2) is 23.1 Å². The second-order valence-corrected chi connectivity index (χ2v) is 4.06. The van der Waals surface area contributed by atoms with E-state index in [0.29, 0.717) is 0 Å². The van der Waals surface area contributed by atoms with Crippen molar-refractivity contribution in [3.05, 3.63) is 34.2 Å². The predicted octanol–water partition coefficient (Wildman–Crippen LogP) is 2.99. The van der Waals surface area contributed by atoms with Gasteiger partial charge in [0.15, 0.2) is 0 Å². The number of carbonyl (C=O) groups excluding carboxylic acids is 1. The van der Waals surface area contributed by atoms with E-state index in [0.717, 1.165) is 19.3 Å². The van der Waals surface area contributed by atoms with Crippen molar-refractivity contribution >= 4 is 5.91 Å². The normalized spacial score (nSPS) is 11.2. The fraction of sp³-hybridized carbons (Fsp3) is 0.600. The van der Waals surface area contributed by atoms with Crippen LogP contribution in [0.3, 0.4) is 0 Å². The summed E-state index contributed by atoms with van der Waals surface area (Å²) in [5.41, 5.74) is 0.0108. The maximum Gasteiger partial charge on any atom is 0.263 e. The zero-order chi connectivity index (χ0) is 14.8. The monoisotopic (exact) mass is 266 g/mol. The van der Waals surface area contributed by atoms with Crippen LogP contribution in [0.1, 0.15) is 63.4 Å². The molecule has 4 heteroatoms. The molecule has 0 aliphatic rings. The van der Waals surface area contributed by atoms with Gasteiger partial charge < -0.3 is 9.88 Å². The first-order chi connectivity index (χ1) is 9.15. The van der Waals surface area contributed by atoms with Gasteiger partial charge in [-0.25, -0.2) is 0 Å². The van der Waals surface area contributed by atoms with Gasteiger partial charge in [-0.2, -0.15) is 0 Å². The van der Waals surface area contributed by atoms with Crippen molar-refractivity contribution < 1.29 is 4.79 Å². The van der Waals surface area contributed by atoms with Gasteiger partial charge in [0.05, 0.1) is 0 Å². The second kappa shape index (κ2) is 9.36. The van der Waals surface area contributed by atoms with Crippen LogP contribution in [0.5, 0.6) is 0 Å². The molecule has 19 heavy (non-hydrogen) atoms. The fourth-order valence-electron chi connectivity index (χ4n) is 1.98. The number of nitrogens with zero attached hydrogens (tertiary/aromatic N) is 1. The highest BCUT2D eigenvalue weighted by Gasteiger charge is 2.14. The van der Waals surface area contributed by atoms with Crippen molar-refractivity contribution in [1.29, 1.82) is 0 Å². The molecule has 4 nitrogen and oxygen atoms in total. The number of hydrogen-bond donors (Lipinski definition) is 1. The van der Waals surface area contributed by atoms with E-state index in [1.807, 2.05) is 13.8 Å². The van der Waals surface area contributed by atoms with Gasteiger partial charge in [-0.1, -0.05) is 34.1 Å². The summed E-state index contributed by atoms with van der Waals surface area (Å²) in [6.45, 7) is 8.15. The SMILES string of the molecule is CC.CCCC(CC)n1cccc(C(=O)NC)c1=O. The summed E-state index contributed by atoms with van der Waals surface area (Å²) in [5.74, 6) is -0.323. The third-order valence-corrected chi connectivity index (χ3v) is 2.93. The Labute approximate surface area is 115 Å². The summed E-state index contributed by atoms with van der Waals surface area (Å²) in [7, 11) is 1.53. The summed E-state index contributed by atoms with van der Waals surface area (Å²) in [4.78, 5) is 23.7. The third kappa shape index (κ3) is 4.54. The van der Waals surface area contributed by atoms with E-state index < -0.39 is 0 Å². The summed E-state index contributed by atoms with van der Waals surface area (Å²) < 4.78 is 1.67. The number of nitrogens with one attached hydrogen (secondary N) is 1. The smallest absolute Gasteiger partial charge is 0.263 e. The molecule has 1 heterocycles. The van der Waals surface area contributed by atoms with Gasteiger partial charge in [-0.3, -0.25) is 9.59 Å². The largest absolute Gasteiger partial charge is 0.355 e. The molecule has 1 aromatic heterocycles. The average Bonchev–Trinajstić information content (AvgIpc) is 2.46. The van der Waals surface area contributed by atoms with Crippen LogP contribution in [0.4, 0.5) is 0 Å². The van der Waals surface area contributed by atoms with Crippen molar-refractivity contribution in [1.82, 2.24) is 9.88 Å². The third-order valence-electron chi connectivity index (χ3n) is 2.93. The zero-order valence-corrected chi connectivity index (χ0v) is 12.7. The molecule has 1 aromatic rings. The highest BCUT2D eigenvalue weighted by molar-refractivity contribution is 5.93. The molecule has 0 saturated heterocycles. The lowest BCUT2D eigenvalue weighted by molar-refractivity contribution is 0.0960. The molecule has 0 saturated carbocycles. The van der Waals surface area contributed by atoms with Gasteiger partial charge >= 0.3 is 0 Å².